The van der Waals surface area contributed by atoms with Crippen LogP contribution in [0.2, 0.25) is 0 Å². The molecule has 1 aromatic carbocycles. The lowest BCUT2D eigenvalue weighted by molar-refractivity contribution is 0.0696. The Morgan fingerprint density at radius 2 is 2.05 bits per heavy atom. The summed E-state index contributed by atoms with van der Waals surface area (Å²) < 4.78 is 0. The summed E-state index contributed by atoms with van der Waals surface area (Å²) >= 11 is 0. The molecule has 6 heteroatoms. The molecule has 0 radical (unpaired) electrons. The number of carbonyl (C=O) groups excluding carboxylic acids is 1. The summed E-state index contributed by atoms with van der Waals surface area (Å²) in [5.41, 5.74) is 1.45. The molecule has 0 aromatic heterocycles. The molecular formula is C15H21N3O3. The number of carboxylic acid groups (broad SMARTS) is 1. The molecule has 0 spiro atoms. The van der Waals surface area contributed by atoms with Gasteiger partial charge in [0.15, 0.2) is 0 Å². The van der Waals surface area contributed by atoms with Crippen molar-refractivity contribution in [2.24, 2.45) is 0 Å². The summed E-state index contributed by atoms with van der Waals surface area (Å²) in [5, 5.41) is 17.8. The molecule has 6 nitrogen and oxygen atoms in total. The van der Waals surface area contributed by atoms with Crippen LogP contribution in [0.5, 0.6) is 0 Å². The molecular weight excluding hydrogens is 270 g/mol. The van der Waals surface area contributed by atoms with Crippen LogP contribution in [0, 0.1) is 6.92 Å². The van der Waals surface area contributed by atoms with Crippen LogP contribution in [-0.2, 0) is 0 Å². The molecule has 1 aromatic rings. The first-order chi connectivity index (χ1) is 10.1. The monoisotopic (exact) mass is 291 g/mol. The molecule has 0 atom stereocenters. The predicted molar refractivity (Wildman–Crippen MR) is 80.8 cm³/mol. The Bertz CT molecular complexity index is 527. The van der Waals surface area contributed by atoms with E-state index in [-0.39, 0.29) is 11.6 Å². The number of rotatable bonds is 7. The van der Waals surface area contributed by atoms with Gasteiger partial charge < -0.3 is 21.1 Å². The molecule has 1 aliphatic rings. The van der Waals surface area contributed by atoms with Crippen LogP contribution in [0.3, 0.4) is 0 Å². The zero-order chi connectivity index (χ0) is 15.2. The fraction of sp³-hybridized carbons (Fsp3) is 0.467. The van der Waals surface area contributed by atoms with E-state index >= 15 is 0 Å². The number of amides is 2. The van der Waals surface area contributed by atoms with Crippen LogP contribution < -0.4 is 16.0 Å². The number of carboxylic acids is 1. The second-order valence-electron chi connectivity index (χ2n) is 5.30. The number of aryl methyl sites for hydroxylation is 1. The SMILES string of the molecule is Cc1cc(NC(=O)NCCCNC2CC2)ccc1C(=O)O. The summed E-state index contributed by atoms with van der Waals surface area (Å²) in [4.78, 5) is 22.6. The number of hydrogen-bond donors (Lipinski definition) is 4. The molecule has 114 valence electrons. The van der Waals surface area contributed by atoms with Crippen molar-refractivity contribution in [2.45, 2.75) is 32.2 Å². The minimum absolute atomic E-state index is 0.243. The van der Waals surface area contributed by atoms with Crippen LogP contribution in [0.1, 0.15) is 35.2 Å². The molecule has 0 heterocycles. The molecule has 1 fully saturated rings. The molecule has 0 saturated heterocycles. The molecule has 1 aliphatic carbocycles. The summed E-state index contributed by atoms with van der Waals surface area (Å²) in [5.74, 6) is -0.966. The quantitative estimate of drug-likeness (QED) is 0.578. The van der Waals surface area contributed by atoms with Crippen LogP contribution in [0.15, 0.2) is 18.2 Å². The molecule has 1 saturated carbocycles. The minimum Gasteiger partial charge on any atom is -0.478 e. The predicted octanol–water partition coefficient (Wildman–Crippen LogP) is 1.96. The maximum Gasteiger partial charge on any atom is 0.335 e. The standard InChI is InChI=1S/C15H21N3O3/c1-10-9-12(5-6-13(10)14(19)20)18-15(21)17-8-2-7-16-11-3-4-11/h5-6,9,11,16H,2-4,7-8H2,1H3,(H,19,20)(H2,17,18,21). The number of aromatic carboxylic acids is 1. The van der Waals surface area contributed by atoms with Crippen molar-refractivity contribution in [3.63, 3.8) is 0 Å². The van der Waals surface area contributed by atoms with Gasteiger partial charge in [-0.2, -0.15) is 0 Å². The van der Waals surface area contributed by atoms with Crippen LogP contribution in [0.4, 0.5) is 10.5 Å². The summed E-state index contributed by atoms with van der Waals surface area (Å²) in [6.45, 7) is 3.23. The topological polar surface area (TPSA) is 90.5 Å². The van der Waals surface area contributed by atoms with E-state index in [1.807, 2.05) is 0 Å². The van der Waals surface area contributed by atoms with E-state index in [4.69, 9.17) is 5.11 Å². The number of benzene rings is 1. The van der Waals surface area contributed by atoms with Gasteiger partial charge in [-0.3, -0.25) is 0 Å². The summed E-state index contributed by atoms with van der Waals surface area (Å²) in [6, 6.07) is 5.15. The Morgan fingerprint density at radius 3 is 2.67 bits per heavy atom. The van der Waals surface area contributed by atoms with Crippen LogP contribution >= 0.6 is 0 Å². The average molecular weight is 291 g/mol. The third-order valence-electron chi connectivity index (χ3n) is 3.36. The number of anilines is 1. The van der Waals surface area contributed by atoms with Gasteiger partial charge in [-0.05, 0) is 56.5 Å². The zero-order valence-electron chi connectivity index (χ0n) is 12.1. The average Bonchev–Trinajstić information content (AvgIpc) is 3.22. The van der Waals surface area contributed by atoms with Crippen molar-refractivity contribution >= 4 is 17.7 Å². The largest absolute Gasteiger partial charge is 0.478 e. The number of urea groups is 1. The van der Waals surface area contributed by atoms with Gasteiger partial charge in [-0.1, -0.05) is 0 Å². The first kappa shape index (κ1) is 15.3. The maximum atomic E-state index is 11.7. The van der Waals surface area contributed by atoms with E-state index in [0.29, 0.717) is 23.8 Å². The maximum absolute atomic E-state index is 11.7. The fourth-order valence-corrected chi connectivity index (χ4v) is 2.04. The van der Waals surface area contributed by atoms with Crippen molar-refractivity contribution in [3.05, 3.63) is 29.3 Å². The lowest BCUT2D eigenvalue weighted by atomic mass is 10.1. The van der Waals surface area contributed by atoms with Crippen LogP contribution in [-0.4, -0.2) is 36.2 Å². The smallest absolute Gasteiger partial charge is 0.335 e. The molecule has 0 bridgehead atoms. The van der Waals surface area contributed by atoms with Crippen molar-refractivity contribution in [1.82, 2.24) is 10.6 Å². The highest BCUT2D eigenvalue weighted by molar-refractivity contribution is 5.92. The second kappa shape index (κ2) is 7.08. The lowest BCUT2D eigenvalue weighted by Crippen LogP contribution is -2.31. The van der Waals surface area contributed by atoms with Gasteiger partial charge in [-0.15, -0.1) is 0 Å². The molecule has 4 N–H and O–H groups in total. The Labute approximate surface area is 123 Å². The van der Waals surface area contributed by atoms with E-state index in [2.05, 4.69) is 16.0 Å². The molecule has 0 unspecified atom stereocenters. The van der Waals surface area contributed by atoms with E-state index in [1.165, 1.54) is 18.9 Å². The van der Waals surface area contributed by atoms with E-state index < -0.39 is 5.97 Å². The van der Waals surface area contributed by atoms with Crippen molar-refractivity contribution in [3.8, 4) is 0 Å². The zero-order valence-corrected chi connectivity index (χ0v) is 12.1. The normalized spacial score (nSPS) is 13.8. The van der Waals surface area contributed by atoms with Gasteiger partial charge >= 0.3 is 12.0 Å². The number of nitrogens with one attached hydrogen (secondary N) is 3. The molecule has 21 heavy (non-hydrogen) atoms. The summed E-state index contributed by atoms with van der Waals surface area (Å²) in [7, 11) is 0. The third-order valence-corrected chi connectivity index (χ3v) is 3.36. The van der Waals surface area contributed by atoms with Gasteiger partial charge in [0.25, 0.3) is 0 Å². The molecule has 2 amide bonds. The van der Waals surface area contributed by atoms with Gasteiger partial charge in [0.05, 0.1) is 5.56 Å². The third kappa shape index (κ3) is 5.07. The van der Waals surface area contributed by atoms with E-state index in [0.717, 1.165) is 13.0 Å². The Morgan fingerprint density at radius 1 is 1.29 bits per heavy atom. The Balaban J connectivity index is 1.71. The lowest BCUT2D eigenvalue weighted by Gasteiger charge is -2.09. The first-order valence-electron chi connectivity index (χ1n) is 7.18. The molecule has 2 rings (SSSR count). The van der Waals surface area contributed by atoms with Gasteiger partial charge in [-0.25, -0.2) is 9.59 Å². The van der Waals surface area contributed by atoms with E-state index in [1.54, 1.807) is 19.1 Å². The van der Waals surface area contributed by atoms with Crippen molar-refractivity contribution < 1.29 is 14.7 Å². The second-order valence-corrected chi connectivity index (χ2v) is 5.30. The molecule has 0 aliphatic heterocycles. The highest BCUT2D eigenvalue weighted by Crippen LogP contribution is 2.18. The highest BCUT2D eigenvalue weighted by atomic mass is 16.4. The van der Waals surface area contributed by atoms with Gasteiger partial charge in [0.2, 0.25) is 0 Å². The number of carbonyl (C=O) groups is 2. The fourth-order valence-electron chi connectivity index (χ4n) is 2.04. The van der Waals surface area contributed by atoms with E-state index in [9.17, 15) is 9.59 Å². The summed E-state index contributed by atoms with van der Waals surface area (Å²) in [6.07, 6.45) is 3.42. The Hall–Kier alpha value is -2.08. The van der Waals surface area contributed by atoms with Gasteiger partial charge in [0, 0.05) is 18.3 Å². The Kier molecular flexibility index (Phi) is 5.16. The van der Waals surface area contributed by atoms with Crippen molar-refractivity contribution in [2.75, 3.05) is 18.4 Å². The highest BCUT2D eigenvalue weighted by Gasteiger charge is 2.19. The van der Waals surface area contributed by atoms with Crippen molar-refractivity contribution in [1.29, 1.82) is 0 Å². The number of hydrogen-bond acceptors (Lipinski definition) is 3. The van der Waals surface area contributed by atoms with Crippen LogP contribution in [0.25, 0.3) is 0 Å². The first-order valence-corrected chi connectivity index (χ1v) is 7.18. The van der Waals surface area contributed by atoms with Gasteiger partial charge in [0.1, 0.15) is 0 Å². The minimum atomic E-state index is -0.966.